The van der Waals surface area contributed by atoms with Crippen molar-refractivity contribution in [1.29, 1.82) is 0 Å². The molecule has 3 aliphatic carbocycles. The van der Waals surface area contributed by atoms with Crippen LogP contribution >= 0.6 is 0 Å². The van der Waals surface area contributed by atoms with Gasteiger partial charge in [0.2, 0.25) is 27.7 Å². The number of aromatic nitrogens is 2. The van der Waals surface area contributed by atoms with E-state index < -0.39 is 80.9 Å². The van der Waals surface area contributed by atoms with Crippen molar-refractivity contribution >= 4 is 44.6 Å². The van der Waals surface area contributed by atoms with Crippen LogP contribution in [0.2, 0.25) is 0 Å². The summed E-state index contributed by atoms with van der Waals surface area (Å²) in [6.45, 7) is -0.553. The second kappa shape index (κ2) is 16.4. The predicted molar refractivity (Wildman–Crippen MR) is 222 cm³/mol. The van der Waals surface area contributed by atoms with Crippen molar-refractivity contribution in [3.05, 3.63) is 65.9 Å². The van der Waals surface area contributed by atoms with Crippen molar-refractivity contribution in [2.75, 3.05) is 19.6 Å². The second-order valence-corrected chi connectivity index (χ2v) is 19.8. The van der Waals surface area contributed by atoms with E-state index in [9.17, 15) is 36.4 Å². The summed E-state index contributed by atoms with van der Waals surface area (Å²) in [4.78, 5) is 69.3. The molecule has 61 heavy (non-hydrogen) atoms. The van der Waals surface area contributed by atoms with E-state index in [1.54, 1.807) is 6.20 Å². The number of allylic oxidation sites excluding steroid dienone is 1. The Morgan fingerprint density at radius 2 is 1.85 bits per heavy atom. The van der Waals surface area contributed by atoms with Crippen molar-refractivity contribution in [3.63, 3.8) is 0 Å². The van der Waals surface area contributed by atoms with Crippen LogP contribution in [0.3, 0.4) is 0 Å². The highest BCUT2D eigenvalue weighted by Crippen LogP contribution is 2.46. The average Bonchev–Trinajstić information content (AvgIpc) is 4.12. The van der Waals surface area contributed by atoms with Crippen LogP contribution in [-0.2, 0) is 42.0 Å². The van der Waals surface area contributed by atoms with E-state index in [0.717, 1.165) is 53.5 Å². The van der Waals surface area contributed by atoms with E-state index in [1.165, 1.54) is 10.5 Å². The number of sulfonamides is 1. The zero-order valence-electron chi connectivity index (χ0n) is 34.1. The van der Waals surface area contributed by atoms with Crippen LogP contribution in [-0.4, -0.2) is 100 Å². The number of carbonyl (C=O) groups excluding carboxylic acids is 4. The van der Waals surface area contributed by atoms with E-state index in [-0.39, 0.29) is 45.2 Å². The number of halogens is 2. The Bertz CT molecular complexity index is 2380. The van der Waals surface area contributed by atoms with E-state index in [2.05, 4.69) is 21.1 Å². The Balaban J connectivity index is 1.05. The minimum atomic E-state index is -3.93. The lowest BCUT2D eigenvalue weighted by Gasteiger charge is -2.34. The summed E-state index contributed by atoms with van der Waals surface area (Å²) >= 11 is 0. The molecule has 0 radical (unpaired) electrons. The molecule has 13 nitrogen and oxygen atoms in total. The highest BCUT2D eigenvalue weighted by atomic mass is 32.2. The van der Waals surface area contributed by atoms with Gasteiger partial charge in [-0.25, -0.2) is 22.2 Å². The Kier molecular flexibility index (Phi) is 11.1. The smallest absolute Gasteiger partial charge is 0.265 e. The number of pyridine rings is 2. The molecular formula is C45H52F2N6O7S. The topological polar surface area (TPSA) is 168 Å². The number of likely N-dealkylation sites (tertiary alicyclic amines) is 1. The van der Waals surface area contributed by atoms with Crippen molar-refractivity contribution in [2.24, 2.45) is 11.8 Å². The number of nitrogens with one attached hydrogen (secondary N) is 2. The molecule has 5 atom stereocenters. The first-order valence-electron chi connectivity index (χ1n) is 21.8. The van der Waals surface area contributed by atoms with Gasteiger partial charge in [-0.2, -0.15) is 0 Å². The average molecular weight is 859 g/mol. The molecule has 9 rings (SSSR count). The molecule has 3 aliphatic heterocycles. The SMILES string of the molecule is O=C1N[C@]2(C(=O)NS(=O)(=O)C3CC3)C[C@H]2/C=C\CCCCC[C@H](CC(=O)N2CCCC(F)(F)C2)C(=O)N2C[C@H](Oc3cc(-c4ccccn4)nc4c5c(ccc34)CCC5)C[C@@H]12. The van der Waals surface area contributed by atoms with Crippen LogP contribution in [0.15, 0.2) is 54.7 Å². The zero-order valence-corrected chi connectivity index (χ0v) is 34.9. The van der Waals surface area contributed by atoms with Crippen molar-refractivity contribution in [2.45, 2.75) is 125 Å². The Morgan fingerprint density at radius 3 is 2.64 bits per heavy atom. The first-order valence-corrected chi connectivity index (χ1v) is 23.4. The summed E-state index contributed by atoms with van der Waals surface area (Å²) in [6, 6.07) is 10.3. The number of nitrogens with zero attached hydrogens (tertiary/aromatic N) is 4. The molecule has 2 N–H and O–H groups in total. The van der Waals surface area contributed by atoms with Gasteiger partial charge >= 0.3 is 0 Å². The normalized spacial score (nSPS) is 28.4. The summed E-state index contributed by atoms with van der Waals surface area (Å²) in [5.74, 6) is -6.31. The van der Waals surface area contributed by atoms with Crippen molar-refractivity contribution < 1.29 is 41.1 Å². The maximum Gasteiger partial charge on any atom is 0.265 e. The minimum Gasteiger partial charge on any atom is -0.488 e. The van der Waals surface area contributed by atoms with Gasteiger partial charge in [-0.15, -0.1) is 0 Å². The van der Waals surface area contributed by atoms with Crippen LogP contribution in [0, 0.1) is 11.8 Å². The lowest BCUT2D eigenvalue weighted by atomic mass is 9.94. The summed E-state index contributed by atoms with van der Waals surface area (Å²) < 4.78 is 63.9. The van der Waals surface area contributed by atoms with Crippen LogP contribution in [0.5, 0.6) is 5.75 Å². The molecule has 2 aromatic heterocycles. The Hall–Kier alpha value is -4.99. The van der Waals surface area contributed by atoms with Gasteiger partial charge in [-0.3, -0.25) is 28.9 Å². The Labute approximate surface area is 354 Å². The number of hydrogen-bond donors (Lipinski definition) is 2. The first-order chi connectivity index (χ1) is 29.3. The number of fused-ring (bicyclic) bond motifs is 5. The van der Waals surface area contributed by atoms with Gasteiger partial charge in [-0.05, 0) is 93.5 Å². The molecule has 0 spiro atoms. The fraction of sp³-hybridized carbons (Fsp3) is 0.556. The molecule has 4 amide bonds. The maximum absolute atomic E-state index is 14.9. The lowest BCUT2D eigenvalue weighted by Crippen LogP contribution is -2.57. The fourth-order valence-electron chi connectivity index (χ4n) is 9.75. The van der Waals surface area contributed by atoms with E-state index in [0.29, 0.717) is 49.2 Å². The van der Waals surface area contributed by atoms with Crippen molar-refractivity contribution in [1.82, 2.24) is 29.8 Å². The third-order valence-electron chi connectivity index (χ3n) is 13.4. The number of hydrogen-bond acceptors (Lipinski definition) is 9. The molecule has 3 aromatic rings. The third-order valence-corrected chi connectivity index (χ3v) is 15.2. The van der Waals surface area contributed by atoms with Crippen LogP contribution in [0.4, 0.5) is 8.78 Å². The summed E-state index contributed by atoms with van der Waals surface area (Å²) in [7, 11) is -3.93. The molecule has 2 saturated heterocycles. The van der Waals surface area contributed by atoms with Crippen LogP contribution in [0.25, 0.3) is 22.3 Å². The molecule has 324 valence electrons. The number of ether oxygens (including phenoxy) is 1. The third kappa shape index (κ3) is 8.61. The largest absolute Gasteiger partial charge is 0.488 e. The minimum absolute atomic E-state index is 0.0306. The van der Waals surface area contributed by atoms with Crippen LogP contribution in [0.1, 0.15) is 94.6 Å². The standard InChI is InChI=1S/C45H52F2N6O7S/c46-44(47)19-9-21-52(27-44)39(54)22-29-10-4-2-1-3-5-12-30-25-45(30,43(57)51-61(58,59)32-16-17-32)50-41(55)37-23-31(26-53(37)42(29)56)60-38-24-36(35-14-6-7-20-48-35)49-40-33-13-8-11-28(33)15-18-34(38)40/h5-7,12,14-15,18,20,24,29-32,37H,1-4,8-11,13,16-17,19,21-23,25-27H2,(H,50,55)(H,51,57)/b12-5-/t29-,30-,31-,37+,45-/m1/s1. The highest BCUT2D eigenvalue weighted by Gasteiger charge is 2.62. The number of amides is 4. The fourth-order valence-corrected chi connectivity index (χ4v) is 11.1. The summed E-state index contributed by atoms with van der Waals surface area (Å²) in [5, 5.41) is 3.03. The van der Waals surface area contributed by atoms with Crippen LogP contribution < -0.4 is 14.8 Å². The van der Waals surface area contributed by atoms with Gasteiger partial charge in [0.15, 0.2) is 0 Å². The van der Waals surface area contributed by atoms with E-state index >= 15 is 0 Å². The number of rotatable bonds is 8. The molecular weight excluding hydrogens is 807 g/mol. The molecule has 2 saturated carbocycles. The number of benzene rings is 1. The lowest BCUT2D eigenvalue weighted by molar-refractivity contribution is -0.148. The van der Waals surface area contributed by atoms with Gasteiger partial charge in [0, 0.05) is 55.3 Å². The van der Waals surface area contributed by atoms with Gasteiger partial charge in [0.25, 0.3) is 11.8 Å². The van der Waals surface area contributed by atoms with Gasteiger partial charge in [0.1, 0.15) is 23.4 Å². The predicted octanol–water partition coefficient (Wildman–Crippen LogP) is 5.40. The quantitative estimate of drug-likeness (QED) is 0.282. The van der Waals surface area contributed by atoms with Gasteiger partial charge in [-0.1, -0.05) is 37.1 Å². The van der Waals surface area contributed by atoms with Gasteiger partial charge < -0.3 is 19.9 Å². The number of alkyl halides is 2. The highest BCUT2D eigenvalue weighted by molar-refractivity contribution is 7.91. The first kappa shape index (κ1) is 41.4. The Morgan fingerprint density at radius 1 is 1.00 bits per heavy atom. The molecule has 6 aliphatic rings. The maximum atomic E-state index is 14.9. The number of piperidine rings is 1. The number of carbonyl (C=O) groups is 4. The molecule has 5 heterocycles. The molecule has 0 bridgehead atoms. The monoisotopic (exact) mass is 858 g/mol. The van der Waals surface area contributed by atoms with E-state index in [1.807, 2.05) is 42.5 Å². The second-order valence-electron chi connectivity index (χ2n) is 17.8. The molecule has 0 unspecified atom stereocenters. The number of aryl methyl sites for hydroxylation is 2. The summed E-state index contributed by atoms with van der Waals surface area (Å²) in [5.41, 5.74) is 2.89. The van der Waals surface area contributed by atoms with E-state index in [4.69, 9.17) is 9.72 Å². The summed E-state index contributed by atoms with van der Waals surface area (Å²) in [6.07, 6.45) is 11.3. The molecule has 1 aromatic carbocycles. The molecule has 4 fully saturated rings. The van der Waals surface area contributed by atoms with Crippen molar-refractivity contribution in [3.8, 4) is 17.1 Å². The molecule has 16 heteroatoms. The zero-order chi connectivity index (χ0) is 42.5. The van der Waals surface area contributed by atoms with Gasteiger partial charge in [0.05, 0.1) is 35.2 Å².